The molecule has 0 saturated carbocycles. The van der Waals surface area contributed by atoms with Crippen molar-refractivity contribution >= 4 is 0 Å². The zero-order chi connectivity index (χ0) is 11.5. The summed E-state index contributed by atoms with van der Waals surface area (Å²) < 4.78 is 3.15. The summed E-state index contributed by atoms with van der Waals surface area (Å²) in [5.74, 6) is 0.763. The molecule has 2 rings (SSSR count). The van der Waals surface area contributed by atoms with E-state index < -0.39 is 0 Å². The summed E-state index contributed by atoms with van der Waals surface area (Å²) in [7, 11) is 0. The second kappa shape index (κ2) is 4.30. The van der Waals surface area contributed by atoms with Gasteiger partial charge in [-0.15, -0.1) is 0 Å². The molecule has 0 amide bonds. The van der Waals surface area contributed by atoms with E-state index in [4.69, 9.17) is 0 Å². The molecule has 5 nitrogen and oxygen atoms in total. The van der Waals surface area contributed by atoms with Crippen molar-refractivity contribution in [3.05, 3.63) is 41.2 Å². The highest BCUT2D eigenvalue weighted by Crippen LogP contribution is 1.98. The second-order valence-electron chi connectivity index (χ2n) is 4.05. The Balaban J connectivity index is 2.45. The maximum atomic E-state index is 12.0. The maximum Gasteiger partial charge on any atom is 0.295 e. The molecule has 0 bridgehead atoms. The first-order chi connectivity index (χ1) is 7.68. The monoisotopic (exact) mass is 218 g/mol. The van der Waals surface area contributed by atoms with Gasteiger partial charge >= 0.3 is 0 Å². The van der Waals surface area contributed by atoms with Gasteiger partial charge in [0.15, 0.2) is 0 Å². The summed E-state index contributed by atoms with van der Waals surface area (Å²) in [5.41, 5.74) is -0.111. The van der Waals surface area contributed by atoms with E-state index in [1.807, 2.05) is 0 Å². The molecular formula is C11H14N4O. The topological polar surface area (TPSA) is 52.7 Å². The molecule has 0 fully saturated rings. The molecule has 0 N–H and O–H groups in total. The molecule has 0 aliphatic heterocycles. The van der Waals surface area contributed by atoms with Crippen LogP contribution in [0.2, 0.25) is 0 Å². The fraction of sp³-hybridized carbons (Fsp3) is 0.364. The van der Waals surface area contributed by atoms with E-state index >= 15 is 0 Å². The Labute approximate surface area is 93.4 Å². The van der Waals surface area contributed by atoms with Crippen molar-refractivity contribution in [2.75, 3.05) is 0 Å². The molecule has 84 valence electrons. The standard InChI is InChI=1S/C11H14N4O/c1-9(2)8-14-7-5-12-10(11(14)16)15-6-3-4-13-15/h3-7,9H,8H2,1-2H3. The van der Waals surface area contributed by atoms with E-state index in [2.05, 4.69) is 23.9 Å². The van der Waals surface area contributed by atoms with Crippen molar-refractivity contribution in [3.8, 4) is 5.82 Å². The highest BCUT2D eigenvalue weighted by molar-refractivity contribution is 5.16. The molecular weight excluding hydrogens is 204 g/mol. The third-order valence-corrected chi connectivity index (χ3v) is 2.18. The van der Waals surface area contributed by atoms with Crippen LogP contribution in [0.4, 0.5) is 0 Å². The van der Waals surface area contributed by atoms with Crippen LogP contribution < -0.4 is 5.56 Å². The van der Waals surface area contributed by atoms with Gasteiger partial charge in [0.25, 0.3) is 5.56 Å². The number of aromatic nitrogens is 4. The molecule has 2 aromatic rings. The van der Waals surface area contributed by atoms with Crippen LogP contribution in [-0.4, -0.2) is 19.3 Å². The minimum Gasteiger partial charge on any atom is -0.310 e. The quantitative estimate of drug-likeness (QED) is 0.774. The van der Waals surface area contributed by atoms with Gasteiger partial charge in [-0.3, -0.25) is 4.79 Å². The molecule has 2 aromatic heterocycles. The minimum atomic E-state index is -0.111. The van der Waals surface area contributed by atoms with E-state index in [0.717, 1.165) is 0 Å². The van der Waals surface area contributed by atoms with E-state index in [1.54, 1.807) is 35.4 Å². The predicted molar refractivity (Wildman–Crippen MR) is 60.5 cm³/mol. The van der Waals surface area contributed by atoms with Crippen LogP contribution in [0.1, 0.15) is 13.8 Å². The van der Waals surface area contributed by atoms with Gasteiger partial charge in [0, 0.05) is 31.3 Å². The Bertz CT molecular complexity index is 513. The van der Waals surface area contributed by atoms with Crippen LogP contribution in [0, 0.1) is 5.92 Å². The number of rotatable bonds is 3. The maximum absolute atomic E-state index is 12.0. The van der Waals surface area contributed by atoms with E-state index in [9.17, 15) is 4.79 Å². The predicted octanol–water partition coefficient (Wildman–Crippen LogP) is 1.08. The summed E-state index contributed by atoms with van der Waals surface area (Å²) in [5, 5.41) is 4.01. The smallest absolute Gasteiger partial charge is 0.295 e. The Hall–Kier alpha value is -1.91. The Morgan fingerprint density at radius 2 is 2.12 bits per heavy atom. The van der Waals surface area contributed by atoms with E-state index in [0.29, 0.717) is 18.3 Å². The Kier molecular flexibility index (Phi) is 2.85. The van der Waals surface area contributed by atoms with Crippen molar-refractivity contribution in [2.24, 2.45) is 5.92 Å². The molecule has 0 unspecified atom stereocenters. The van der Waals surface area contributed by atoms with Crippen LogP contribution >= 0.6 is 0 Å². The average molecular weight is 218 g/mol. The Morgan fingerprint density at radius 3 is 2.75 bits per heavy atom. The molecule has 0 saturated heterocycles. The van der Waals surface area contributed by atoms with Gasteiger partial charge < -0.3 is 4.57 Å². The minimum absolute atomic E-state index is 0.111. The average Bonchev–Trinajstić information content (AvgIpc) is 2.73. The molecule has 0 aromatic carbocycles. The third kappa shape index (κ3) is 2.03. The highest BCUT2D eigenvalue weighted by atomic mass is 16.1. The molecule has 5 heteroatoms. The summed E-state index contributed by atoms with van der Waals surface area (Å²) in [6.07, 6.45) is 6.67. The molecule has 0 aliphatic rings. The first-order valence-electron chi connectivity index (χ1n) is 5.24. The van der Waals surface area contributed by atoms with Gasteiger partial charge in [-0.05, 0) is 12.0 Å². The van der Waals surface area contributed by atoms with Crippen molar-refractivity contribution in [2.45, 2.75) is 20.4 Å². The van der Waals surface area contributed by atoms with Crippen molar-refractivity contribution in [1.82, 2.24) is 19.3 Å². The van der Waals surface area contributed by atoms with Gasteiger partial charge in [-0.2, -0.15) is 5.10 Å². The highest BCUT2D eigenvalue weighted by Gasteiger charge is 2.07. The van der Waals surface area contributed by atoms with Crippen molar-refractivity contribution in [3.63, 3.8) is 0 Å². The number of hydrogen-bond donors (Lipinski definition) is 0. The largest absolute Gasteiger partial charge is 0.310 e. The van der Waals surface area contributed by atoms with Crippen LogP contribution in [0.5, 0.6) is 0 Å². The van der Waals surface area contributed by atoms with E-state index in [-0.39, 0.29) is 5.56 Å². The molecule has 16 heavy (non-hydrogen) atoms. The summed E-state index contributed by atoms with van der Waals surface area (Å²) in [4.78, 5) is 16.1. The summed E-state index contributed by atoms with van der Waals surface area (Å²) in [6.45, 7) is 4.83. The second-order valence-corrected chi connectivity index (χ2v) is 4.05. The van der Waals surface area contributed by atoms with Gasteiger partial charge in [0.1, 0.15) is 0 Å². The first kappa shape index (κ1) is 10.6. The number of hydrogen-bond acceptors (Lipinski definition) is 3. The third-order valence-electron chi connectivity index (χ3n) is 2.18. The van der Waals surface area contributed by atoms with Crippen LogP contribution in [0.25, 0.3) is 5.82 Å². The van der Waals surface area contributed by atoms with Crippen molar-refractivity contribution in [1.29, 1.82) is 0 Å². The van der Waals surface area contributed by atoms with Gasteiger partial charge in [-0.25, -0.2) is 9.67 Å². The lowest BCUT2D eigenvalue weighted by Gasteiger charge is -2.09. The van der Waals surface area contributed by atoms with Crippen LogP contribution in [0.15, 0.2) is 35.6 Å². The lowest BCUT2D eigenvalue weighted by molar-refractivity contribution is 0.506. The molecule has 0 radical (unpaired) electrons. The number of nitrogens with zero attached hydrogens (tertiary/aromatic N) is 4. The fourth-order valence-corrected chi connectivity index (χ4v) is 1.52. The SMILES string of the molecule is CC(C)Cn1ccnc(-n2cccn2)c1=O. The zero-order valence-electron chi connectivity index (χ0n) is 9.37. The van der Waals surface area contributed by atoms with Gasteiger partial charge in [0.2, 0.25) is 5.82 Å². The van der Waals surface area contributed by atoms with Crippen molar-refractivity contribution < 1.29 is 0 Å². The molecule has 0 spiro atoms. The van der Waals surface area contributed by atoms with Crippen LogP contribution in [0.3, 0.4) is 0 Å². The first-order valence-corrected chi connectivity index (χ1v) is 5.24. The molecule has 0 aliphatic carbocycles. The molecule has 2 heterocycles. The van der Waals surface area contributed by atoms with Gasteiger partial charge in [0.05, 0.1) is 0 Å². The van der Waals surface area contributed by atoms with E-state index in [1.165, 1.54) is 4.68 Å². The van der Waals surface area contributed by atoms with Gasteiger partial charge in [-0.1, -0.05) is 13.8 Å². The zero-order valence-corrected chi connectivity index (χ0v) is 9.37. The normalized spacial score (nSPS) is 10.9. The lowest BCUT2D eigenvalue weighted by Crippen LogP contribution is -2.27. The molecule has 0 atom stereocenters. The Morgan fingerprint density at radius 1 is 1.31 bits per heavy atom. The summed E-state index contributed by atoms with van der Waals surface area (Å²) in [6, 6.07) is 1.76. The van der Waals surface area contributed by atoms with Crippen LogP contribution in [-0.2, 0) is 6.54 Å². The summed E-state index contributed by atoms with van der Waals surface area (Å²) >= 11 is 0. The fourth-order valence-electron chi connectivity index (χ4n) is 1.52. The lowest BCUT2D eigenvalue weighted by atomic mass is 10.2.